The minimum atomic E-state index is 0.851. The Kier molecular flexibility index (Phi) is 5.47. The second-order valence-corrected chi connectivity index (χ2v) is 7.80. The highest BCUT2D eigenvalue weighted by molar-refractivity contribution is 5.99. The summed E-state index contributed by atoms with van der Waals surface area (Å²) in [4.78, 5) is 2.24. The summed E-state index contributed by atoms with van der Waals surface area (Å²) in [6.45, 7) is 6.14. The van der Waals surface area contributed by atoms with Crippen molar-refractivity contribution in [3.63, 3.8) is 0 Å². The van der Waals surface area contributed by atoms with Gasteiger partial charge >= 0.3 is 0 Å². The number of allylic oxidation sites excluding steroid dienone is 4. The molecule has 0 fully saturated rings. The van der Waals surface area contributed by atoms with Crippen LogP contribution in [0.1, 0.15) is 19.4 Å². The molecule has 0 spiro atoms. The van der Waals surface area contributed by atoms with Crippen molar-refractivity contribution in [1.82, 2.24) is 0 Å². The zero-order chi connectivity index (χ0) is 21.9. The summed E-state index contributed by atoms with van der Waals surface area (Å²) in [5.74, 6) is 1.78. The first-order valence-electron chi connectivity index (χ1n) is 11.2. The number of fused-ring (bicyclic) bond motifs is 4. The van der Waals surface area contributed by atoms with Crippen LogP contribution in [0.15, 0.2) is 103 Å². The standard InChI is InChI=1S/C29H27N2O/c1-3-30-21-20-23(24-14-10-11-16-26(24)30)12-6-5-7-17-28-31(4-2)29-25-15-9-8-13-22(25)18-19-27(29)32-28/h5-21H,3-4H2,1-2H3/q+1. The molecule has 3 aromatic carbocycles. The van der Waals surface area contributed by atoms with Gasteiger partial charge < -0.3 is 9.64 Å². The van der Waals surface area contributed by atoms with Gasteiger partial charge in [-0.1, -0.05) is 66.8 Å². The van der Waals surface area contributed by atoms with E-state index in [2.05, 4.69) is 114 Å². The summed E-state index contributed by atoms with van der Waals surface area (Å²) in [6.07, 6.45) is 12.5. The Bertz CT molecular complexity index is 1380. The van der Waals surface area contributed by atoms with Crippen LogP contribution in [0.25, 0.3) is 27.8 Å². The Labute approximate surface area is 189 Å². The van der Waals surface area contributed by atoms with Crippen molar-refractivity contribution in [3.8, 4) is 5.75 Å². The predicted octanol–water partition coefficient (Wildman–Crippen LogP) is 6.63. The van der Waals surface area contributed by atoms with E-state index in [1.807, 2.05) is 12.2 Å². The van der Waals surface area contributed by atoms with Gasteiger partial charge in [0.25, 0.3) is 0 Å². The van der Waals surface area contributed by atoms with Crippen LogP contribution in [-0.2, 0) is 6.54 Å². The van der Waals surface area contributed by atoms with E-state index in [1.54, 1.807) is 0 Å². The molecule has 2 heterocycles. The predicted molar refractivity (Wildman–Crippen MR) is 134 cm³/mol. The lowest BCUT2D eigenvalue weighted by atomic mass is 10.1. The van der Waals surface area contributed by atoms with Crippen LogP contribution in [0.4, 0.5) is 5.69 Å². The van der Waals surface area contributed by atoms with Crippen molar-refractivity contribution >= 4 is 33.4 Å². The fraction of sp³-hybridized carbons (Fsp3) is 0.138. The molecule has 0 aliphatic carbocycles. The molecule has 5 rings (SSSR count). The summed E-state index contributed by atoms with van der Waals surface area (Å²) < 4.78 is 8.44. The van der Waals surface area contributed by atoms with E-state index in [1.165, 1.54) is 27.2 Å². The SMILES string of the molecule is CCN1C(=CC=CC=Cc2cc[n+](CC)c3ccccc23)Oc2ccc3ccccc3c21. The fourth-order valence-electron chi connectivity index (χ4n) is 4.40. The highest BCUT2D eigenvalue weighted by atomic mass is 16.5. The molecule has 0 bridgehead atoms. The third kappa shape index (κ3) is 3.56. The molecule has 158 valence electrons. The molecule has 0 saturated carbocycles. The summed E-state index contributed by atoms with van der Waals surface area (Å²) in [5, 5.41) is 3.71. The molecule has 0 unspecified atom stereocenters. The van der Waals surface area contributed by atoms with Gasteiger partial charge in [-0.25, -0.2) is 0 Å². The van der Waals surface area contributed by atoms with Gasteiger partial charge in [-0.15, -0.1) is 0 Å². The van der Waals surface area contributed by atoms with Gasteiger partial charge in [0.2, 0.25) is 11.4 Å². The first-order valence-corrected chi connectivity index (χ1v) is 11.2. The van der Waals surface area contributed by atoms with Gasteiger partial charge in [0.15, 0.2) is 11.9 Å². The van der Waals surface area contributed by atoms with Crippen molar-refractivity contribution in [2.75, 3.05) is 11.4 Å². The van der Waals surface area contributed by atoms with Crippen molar-refractivity contribution in [3.05, 3.63) is 109 Å². The van der Waals surface area contributed by atoms with E-state index >= 15 is 0 Å². The number of ether oxygens (including phenoxy) is 1. The summed E-state index contributed by atoms with van der Waals surface area (Å²) >= 11 is 0. The number of rotatable bonds is 5. The molecule has 1 aliphatic rings. The maximum Gasteiger partial charge on any atom is 0.213 e. The average molecular weight is 420 g/mol. The van der Waals surface area contributed by atoms with E-state index in [9.17, 15) is 0 Å². The van der Waals surface area contributed by atoms with Crippen LogP contribution < -0.4 is 14.2 Å². The highest BCUT2D eigenvalue weighted by Crippen LogP contribution is 2.43. The molecule has 0 amide bonds. The first-order chi connectivity index (χ1) is 15.8. The Hall–Kier alpha value is -3.85. The fourth-order valence-corrected chi connectivity index (χ4v) is 4.40. The lowest BCUT2D eigenvalue weighted by molar-refractivity contribution is -0.667. The van der Waals surface area contributed by atoms with E-state index in [-0.39, 0.29) is 0 Å². The minimum absolute atomic E-state index is 0.851. The zero-order valence-electron chi connectivity index (χ0n) is 18.5. The molecule has 0 N–H and O–H groups in total. The van der Waals surface area contributed by atoms with Gasteiger partial charge in [-0.3, -0.25) is 0 Å². The van der Waals surface area contributed by atoms with Crippen LogP contribution in [-0.4, -0.2) is 6.54 Å². The number of pyridine rings is 1. The maximum atomic E-state index is 6.18. The number of aromatic nitrogens is 1. The maximum absolute atomic E-state index is 6.18. The number of benzene rings is 3. The quantitative estimate of drug-likeness (QED) is 0.267. The van der Waals surface area contributed by atoms with Crippen molar-refractivity contribution in [2.45, 2.75) is 20.4 Å². The number of para-hydroxylation sites is 1. The van der Waals surface area contributed by atoms with E-state index < -0.39 is 0 Å². The number of hydrogen-bond acceptors (Lipinski definition) is 2. The third-order valence-corrected chi connectivity index (χ3v) is 5.97. The Balaban J connectivity index is 1.39. The lowest BCUT2D eigenvalue weighted by Crippen LogP contribution is -2.32. The van der Waals surface area contributed by atoms with Crippen LogP contribution in [0.5, 0.6) is 5.75 Å². The van der Waals surface area contributed by atoms with E-state index in [0.717, 1.165) is 30.4 Å². The molecular formula is C29H27N2O+. The highest BCUT2D eigenvalue weighted by Gasteiger charge is 2.26. The largest absolute Gasteiger partial charge is 0.439 e. The molecule has 4 aromatic rings. The zero-order valence-corrected chi connectivity index (χ0v) is 18.5. The molecule has 32 heavy (non-hydrogen) atoms. The molecule has 0 saturated heterocycles. The lowest BCUT2D eigenvalue weighted by Gasteiger charge is -2.16. The number of nitrogens with zero attached hydrogens (tertiary/aromatic N) is 2. The molecule has 1 aliphatic heterocycles. The number of aryl methyl sites for hydroxylation is 1. The van der Waals surface area contributed by atoms with Gasteiger partial charge in [0, 0.05) is 24.1 Å². The minimum Gasteiger partial charge on any atom is -0.439 e. The molecule has 3 heteroatoms. The Morgan fingerprint density at radius 3 is 2.50 bits per heavy atom. The first kappa shape index (κ1) is 20.1. The molecule has 0 radical (unpaired) electrons. The van der Waals surface area contributed by atoms with E-state index in [4.69, 9.17) is 4.74 Å². The van der Waals surface area contributed by atoms with Gasteiger partial charge in [0.1, 0.15) is 6.54 Å². The Morgan fingerprint density at radius 2 is 1.66 bits per heavy atom. The second kappa shape index (κ2) is 8.72. The molecule has 0 atom stereocenters. The molecule has 3 nitrogen and oxygen atoms in total. The van der Waals surface area contributed by atoms with Gasteiger partial charge in [-0.05, 0) is 43.0 Å². The number of anilines is 1. The van der Waals surface area contributed by atoms with Crippen molar-refractivity contribution < 1.29 is 9.30 Å². The van der Waals surface area contributed by atoms with Gasteiger partial charge in [0.05, 0.1) is 11.1 Å². The summed E-state index contributed by atoms with van der Waals surface area (Å²) in [5.41, 5.74) is 3.63. The van der Waals surface area contributed by atoms with Crippen LogP contribution in [0.3, 0.4) is 0 Å². The third-order valence-electron chi connectivity index (χ3n) is 5.97. The van der Waals surface area contributed by atoms with Crippen LogP contribution in [0.2, 0.25) is 0 Å². The van der Waals surface area contributed by atoms with Gasteiger partial charge in [-0.2, -0.15) is 4.57 Å². The monoisotopic (exact) mass is 419 g/mol. The second-order valence-electron chi connectivity index (χ2n) is 7.80. The van der Waals surface area contributed by atoms with E-state index in [0.29, 0.717) is 0 Å². The smallest absolute Gasteiger partial charge is 0.213 e. The summed E-state index contributed by atoms with van der Waals surface area (Å²) in [7, 11) is 0. The average Bonchev–Trinajstić information content (AvgIpc) is 3.21. The number of hydrogen-bond donors (Lipinski definition) is 0. The Morgan fingerprint density at radius 1 is 0.844 bits per heavy atom. The topological polar surface area (TPSA) is 16.4 Å². The van der Waals surface area contributed by atoms with Crippen molar-refractivity contribution in [2.24, 2.45) is 0 Å². The normalized spacial score (nSPS) is 14.8. The van der Waals surface area contributed by atoms with Crippen LogP contribution >= 0.6 is 0 Å². The van der Waals surface area contributed by atoms with Crippen molar-refractivity contribution in [1.29, 1.82) is 0 Å². The van der Waals surface area contributed by atoms with Crippen LogP contribution in [0, 0.1) is 0 Å². The molecule has 1 aromatic heterocycles. The summed E-state index contributed by atoms with van der Waals surface area (Å²) in [6, 6.07) is 23.4. The molecular weight excluding hydrogens is 392 g/mol.